The van der Waals surface area contributed by atoms with E-state index in [0.717, 1.165) is 5.75 Å². The minimum Gasteiger partial charge on any atom is -0.395 e. The van der Waals surface area contributed by atoms with Gasteiger partial charge in [0.25, 0.3) is 5.91 Å². The normalized spacial score (nSPS) is 19.8. The van der Waals surface area contributed by atoms with Gasteiger partial charge in [-0.3, -0.25) is 9.48 Å². The second kappa shape index (κ2) is 5.88. The van der Waals surface area contributed by atoms with Gasteiger partial charge in [0.15, 0.2) is 9.84 Å². The van der Waals surface area contributed by atoms with Crippen LogP contribution in [-0.2, 0) is 16.9 Å². The van der Waals surface area contributed by atoms with Crippen molar-refractivity contribution >= 4 is 33.2 Å². The third-order valence-corrected chi connectivity index (χ3v) is 6.92. The monoisotopic (exact) mass is 332 g/mol. The summed E-state index contributed by atoms with van der Waals surface area (Å²) in [5.41, 5.74) is 7.06. The van der Waals surface area contributed by atoms with Crippen molar-refractivity contribution in [3.63, 3.8) is 0 Å². The summed E-state index contributed by atoms with van der Waals surface area (Å²) >= 11 is 1.55. The summed E-state index contributed by atoms with van der Waals surface area (Å²) in [6, 6.07) is 0. The quantitative estimate of drug-likeness (QED) is 0.852. The summed E-state index contributed by atoms with van der Waals surface area (Å²) in [4.78, 5) is 14.2. The Morgan fingerprint density at radius 2 is 2.19 bits per heavy atom. The Bertz CT molecular complexity index is 654. The number of nitrogens with zero attached hydrogens (tertiary/aromatic N) is 3. The van der Waals surface area contributed by atoms with E-state index >= 15 is 0 Å². The van der Waals surface area contributed by atoms with Crippen molar-refractivity contribution in [1.82, 2.24) is 14.7 Å². The highest BCUT2D eigenvalue weighted by molar-refractivity contribution is 8.01. The van der Waals surface area contributed by atoms with Crippen LogP contribution in [0.25, 0.3) is 0 Å². The molecule has 0 aromatic carbocycles. The van der Waals surface area contributed by atoms with E-state index in [1.54, 1.807) is 32.7 Å². The molecule has 1 atom stereocenters. The Morgan fingerprint density at radius 1 is 1.52 bits per heavy atom. The zero-order valence-corrected chi connectivity index (χ0v) is 14.0. The van der Waals surface area contributed by atoms with E-state index in [9.17, 15) is 13.2 Å². The maximum absolute atomic E-state index is 12.7. The van der Waals surface area contributed by atoms with Crippen LogP contribution in [0.4, 0.5) is 5.69 Å². The van der Waals surface area contributed by atoms with E-state index in [-0.39, 0.29) is 17.4 Å². The second-order valence-corrected chi connectivity index (χ2v) is 8.55. The number of carbonyl (C=O) groups is 1. The van der Waals surface area contributed by atoms with E-state index in [2.05, 4.69) is 5.10 Å². The minimum absolute atomic E-state index is 0.0158. The van der Waals surface area contributed by atoms with Gasteiger partial charge < -0.3 is 10.6 Å². The first-order valence-corrected chi connectivity index (χ1v) is 9.56. The van der Waals surface area contributed by atoms with Crippen LogP contribution in [0.5, 0.6) is 0 Å². The standard InChI is InChI=1S/C12H20N4O3S2/c1-4-21(18,19)9-7-20-6-5-16(9)12(17)11-10(13)8(2)14-15(11)3/h9H,4-7,13H2,1-3H3. The summed E-state index contributed by atoms with van der Waals surface area (Å²) in [5, 5.41) is 3.33. The average molecular weight is 332 g/mol. The van der Waals surface area contributed by atoms with Gasteiger partial charge in [-0.15, -0.1) is 0 Å². The van der Waals surface area contributed by atoms with Crippen LogP contribution in [0.3, 0.4) is 0 Å². The molecule has 1 aliphatic heterocycles. The van der Waals surface area contributed by atoms with Crippen LogP contribution >= 0.6 is 11.8 Å². The molecule has 21 heavy (non-hydrogen) atoms. The molecule has 118 valence electrons. The number of hydrogen-bond acceptors (Lipinski definition) is 6. The largest absolute Gasteiger partial charge is 0.395 e. The lowest BCUT2D eigenvalue weighted by Crippen LogP contribution is -2.51. The fraction of sp³-hybridized carbons (Fsp3) is 0.667. The van der Waals surface area contributed by atoms with Crippen molar-refractivity contribution in [2.75, 3.05) is 29.5 Å². The molecule has 1 aromatic rings. The maximum Gasteiger partial charge on any atom is 0.275 e. The highest BCUT2D eigenvalue weighted by atomic mass is 32.2. The molecule has 7 nitrogen and oxygen atoms in total. The van der Waals surface area contributed by atoms with E-state index in [1.807, 2.05) is 0 Å². The molecule has 2 N–H and O–H groups in total. The summed E-state index contributed by atoms with van der Waals surface area (Å²) in [5.74, 6) is 0.775. The lowest BCUT2D eigenvalue weighted by atomic mass is 10.2. The molecule has 2 rings (SSSR count). The van der Waals surface area contributed by atoms with Crippen LogP contribution in [0.2, 0.25) is 0 Å². The fourth-order valence-corrected chi connectivity index (χ4v) is 5.33. The number of rotatable bonds is 3. The fourth-order valence-electron chi connectivity index (χ4n) is 2.37. The Hall–Kier alpha value is -1.22. The van der Waals surface area contributed by atoms with Gasteiger partial charge in [-0.05, 0) is 6.92 Å². The van der Waals surface area contributed by atoms with Gasteiger partial charge in [-0.25, -0.2) is 8.42 Å². The Labute approximate surface area is 128 Å². The van der Waals surface area contributed by atoms with Crippen LogP contribution < -0.4 is 5.73 Å². The first-order chi connectivity index (χ1) is 9.79. The van der Waals surface area contributed by atoms with Gasteiger partial charge in [0, 0.05) is 30.9 Å². The van der Waals surface area contributed by atoms with Crippen LogP contribution in [0.1, 0.15) is 23.1 Å². The topological polar surface area (TPSA) is 98.3 Å². The van der Waals surface area contributed by atoms with Gasteiger partial charge in [-0.1, -0.05) is 6.92 Å². The first-order valence-electron chi connectivity index (χ1n) is 6.69. The Kier molecular flexibility index (Phi) is 4.52. The third kappa shape index (κ3) is 2.89. The zero-order chi connectivity index (χ0) is 15.8. The number of sulfone groups is 1. The SMILES string of the molecule is CCS(=O)(=O)C1CSCCN1C(=O)c1c(N)c(C)nn1C. The van der Waals surface area contributed by atoms with Gasteiger partial charge in [-0.2, -0.15) is 16.9 Å². The lowest BCUT2D eigenvalue weighted by molar-refractivity contribution is 0.0739. The van der Waals surface area contributed by atoms with Gasteiger partial charge in [0.05, 0.1) is 11.4 Å². The number of amides is 1. The number of thioether (sulfide) groups is 1. The average Bonchev–Trinajstić information content (AvgIpc) is 2.71. The van der Waals surface area contributed by atoms with Gasteiger partial charge >= 0.3 is 0 Å². The molecule has 1 fully saturated rings. The van der Waals surface area contributed by atoms with Crippen molar-refractivity contribution in [3.8, 4) is 0 Å². The first kappa shape index (κ1) is 16.2. The summed E-state index contributed by atoms with van der Waals surface area (Å²) in [6.07, 6.45) is 0. The van der Waals surface area contributed by atoms with Crippen LogP contribution in [0, 0.1) is 6.92 Å². The molecule has 2 heterocycles. The van der Waals surface area contributed by atoms with E-state index in [1.165, 1.54) is 9.58 Å². The minimum atomic E-state index is -3.33. The van der Waals surface area contributed by atoms with Gasteiger partial charge in [0.2, 0.25) is 0 Å². The van der Waals surface area contributed by atoms with Gasteiger partial charge in [0.1, 0.15) is 11.1 Å². The molecule has 0 bridgehead atoms. The number of anilines is 1. The molecule has 1 amide bonds. The number of aromatic nitrogens is 2. The predicted molar refractivity (Wildman–Crippen MR) is 84.0 cm³/mol. The number of carbonyl (C=O) groups excluding carboxylic acids is 1. The van der Waals surface area contributed by atoms with Crippen LogP contribution in [0.15, 0.2) is 0 Å². The van der Waals surface area contributed by atoms with Crippen LogP contribution in [-0.4, -0.2) is 58.2 Å². The molecular formula is C12H20N4O3S2. The molecule has 0 saturated carbocycles. The number of nitrogen functional groups attached to an aromatic ring is 1. The predicted octanol–water partition coefficient (Wildman–Crippen LogP) is 0.261. The number of hydrogen-bond donors (Lipinski definition) is 1. The molecule has 1 saturated heterocycles. The Morgan fingerprint density at radius 3 is 2.71 bits per heavy atom. The molecular weight excluding hydrogens is 312 g/mol. The highest BCUT2D eigenvalue weighted by Gasteiger charge is 2.37. The smallest absolute Gasteiger partial charge is 0.275 e. The van der Waals surface area contributed by atoms with E-state index in [0.29, 0.717) is 23.7 Å². The van der Waals surface area contributed by atoms with Crippen molar-refractivity contribution in [2.24, 2.45) is 7.05 Å². The Balaban J connectivity index is 2.40. The molecule has 1 unspecified atom stereocenters. The molecule has 0 spiro atoms. The maximum atomic E-state index is 12.7. The molecule has 9 heteroatoms. The third-order valence-electron chi connectivity index (χ3n) is 3.63. The second-order valence-electron chi connectivity index (χ2n) is 4.95. The molecule has 1 aromatic heterocycles. The van der Waals surface area contributed by atoms with Crippen molar-refractivity contribution in [2.45, 2.75) is 19.2 Å². The molecule has 0 radical (unpaired) electrons. The molecule has 1 aliphatic rings. The summed E-state index contributed by atoms with van der Waals surface area (Å²) in [6.45, 7) is 3.72. The highest BCUT2D eigenvalue weighted by Crippen LogP contribution is 2.25. The zero-order valence-electron chi connectivity index (χ0n) is 12.4. The lowest BCUT2D eigenvalue weighted by Gasteiger charge is -2.34. The molecule has 0 aliphatic carbocycles. The summed E-state index contributed by atoms with van der Waals surface area (Å²) in [7, 11) is -1.69. The number of aryl methyl sites for hydroxylation is 2. The number of nitrogens with two attached hydrogens (primary N) is 1. The summed E-state index contributed by atoms with van der Waals surface area (Å²) < 4.78 is 25.9. The van der Waals surface area contributed by atoms with Crippen molar-refractivity contribution < 1.29 is 13.2 Å². The van der Waals surface area contributed by atoms with E-state index in [4.69, 9.17) is 5.73 Å². The van der Waals surface area contributed by atoms with Crippen molar-refractivity contribution in [1.29, 1.82) is 0 Å². The van der Waals surface area contributed by atoms with Crippen molar-refractivity contribution in [3.05, 3.63) is 11.4 Å². The van der Waals surface area contributed by atoms with E-state index < -0.39 is 15.2 Å².